The van der Waals surface area contributed by atoms with E-state index in [0.717, 1.165) is 44.1 Å². The molecular formula is C22H27N3O4S. The maximum absolute atomic E-state index is 13.3. The van der Waals surface area contributed by atoms with E-state index in [1.54, 1.807) is 29.4 Å². The molecule has 1 heterocycles. The van der Waals surface area contributed by atoms with Gasteiger partial charge in [-0.2, -0.15) is 0 Å². The molecule has 2 saturated carbocycles. The van der Waals surface area contributed by atoms with Crippen molar-refractivity contribution < 1.29 is 17.9 Å². The van der Waals surface area contributed by atoms with E-state index in [2.05, 4.69) is 9.71 Å². The molecule has 2 fully saturated rings. The fourth-order valence-electron chi connectivity index (χ4n) is 3.95. The number of hydrogen-bond acceptors (Lipinski definition) is 5. The number of amides is 1. The molecule has 0 radical (unpaired) electrons. The number of carbonyl (C=O) groups is 1. The van der Waals surface area contributed by atoms with Gasteiger partial charge in [0.05, 0.1) is 7.11 Å². The number of ether oxygens (including phenoxy) is 1. The minimum absolute atomic E-state index is 0.0138. The van der Waals surface area contributed by atoms with Gasteiger partial charge >= 0.3 is 0 Å². The molecule has 2 aliphatic rings. The second-order valence-electron chi connectivity index (χ2n) is 7.99. The van der Waals surface area contributed by atoms with Gasteiger partial charge in [0.2, 0.25) is 10.0 Å². The Morgan fingerprint density at radius 3 is 2.60 bits per heavy atom. The predicted octanol–water partition coefficient (Wildman–Crippen LogP) is 3.12. The molecule has 0 unspecified atom stereocenters. The minimum Gasteiger partial charge on any atom is -0.495 e. The highest BCUT2D eigenvalue weighted by Gasteiger charge is 2.34. The number of benzene rings is 1. The van der Waals surface area contributed by atoms with Crippen LogP contribution < -0.4 is 9.46 Å². The first kappa shape index (κ1) is 20.8. The van der Waals surface area contributed by atoms with Crippen molar-refractivity contribution in [2.75, 3.05) is 7.11 Å². The lowest BCUT2D eigenvalue weighted by Crippen LogP contribution is -2.34. The van der Waals surface area contributed by atoms with Gasteiger partial charge in [-0.15, -0.1) is 0 Å². The molecule has 0 saturated heterocycles. The average molecular weight is 430 g/mol. The van der Waals surface area contributed by atoms with E-state index in [4.69, 9.17) is 4.74 Å². The summed E-state index contributed by atoms with van der Waals surface area (Å²) in [6.07, 6.45) is 9.07. The summed E-state index contributed by atoms with van der Waals surface area (Å²) in [5.74, 6) is 0.0589. The quantitative estimate of drug-likeness (QED) is 0.697. The summed E-state index contributed by atoms with van der Waals surface area (Å²) in [5, 5.41) is 0. The molecule has 1 N–H and O–H groups in total. The smallest absolute Gasteiger partial charge is 0.254 e. The van der Waals surface area contributed by atoms with Crippen LogP contribution in [0, 0.1) is 0 Å². The van der Waals surface area contributed by atoms with E-state index in [1.807, 2.05) is 12.1 Å². The Labute approximate surface area is 177 Å². The number of pyridine rings is 1. The molecule has 30 heavy (non-hydrogen) atoms. The van der Waals surface area contributed by atoms with Crippen molar-refractivity contribution in [1.29, 1.82) is 0 Å². The second-order valence-corrected chi connectivity index (χ2v) is 9.68. The highest BCUT2D eigenvalue weighted by atomic mass is 32.2. The van der Waals surface area contributed by atoms with Crippen LogP contribution in [0.1, 0.15) is 54.4 Å². The van der Waals surface area contributed by atoms with Gasteiger partial charge in [0.25, 0.3) is 5.91 Å². The van der Waals surface area contributed by atoms with E-state index >= 15 is 0 Å². The predicted molar refractivity (Wildman–Crippen MR) is 113 cm³/mol. The molecule has 7 nitrogen and oxygen atoms in total. The molecule has 1 aromatic carbocycles. The molecule has 2 aliphatic carbocycles. The summed E-state index contributed by atoms with van der Waals surface area (Å²) >= 11 is 0. The van der Waals surface area contributed by atoms with Crippen LogP contribution in [-0.4, -0.2) is 43.4 Å². The summed E-state index contributed by atoms with van der Waals surface area (Å²) in [4.78, 5) is 19.2. The van der Waals surface area contributed by atoms with Gasteiger partial charge in [-0.25, -0.2) is 13.1 Å². The lowest BCUT2D eigenvalue weighted by atomic mass is 10.1. The Kier molecular flexibility index (Phi) is 6.06. The molecule has 0 spiro atoms. The SMILES string of the molecule is COc1ccc(C(=O)N(Cc2cccnc2)C2CC2)cc1S(=O)(=O)NC1CCCC1. The third-order valence-electron chi connectivity index (χ3n) is 5.70. The highest BCUT2D eigenvalue weighted by molar-refractivity contribution is 7.89. The topological polar surface area (TPSA) is 88.6 Å². The van der Waals surface area contributed by atoms with Crippen molar-refractivity contribution in [3.63, 3.8) is 0 Å². The van der Waals surface area contributed by atoms with Crippen LogP contribution in [0.5, 0.6) is 5.75 Å². The molecule has 0 aliphatic heterocycles. The Bertz CT molecular complexity index is 1000. The zero-order valence-corrected chi connectivity index (χ0v) is 17.9. The average Bonchev–Trinajstić information content (AvgIpc) is 3.48. The van der Waals surface area contributed by atoms with E-state index in [-0.39, 0.29) is 28.6 Å². The van der Waals surface area contributed by atoms with Crippen molar-refractivity contribution in [2.24, 2.45) is 0 Å². The van der Waals surface area contributed by atoms with Crippen LogP contribution in [0.3, 0.4) is 0 Å². The standard InChI is InChI=1S/C22H27N3O4S/c1-29-20-11-8-17(13-21(20)30(27,28)24-18-6-2-3-7-18)22(26)25(19-9-10-19)15-16-5-4-12-23-14-16/h4-5,8,11-14,18-19,24H,2-3,6-7,9-10,15H2,1H3. The monoisotopic (exact) mass is 429 g/mol. The van der Waals surface area contributed by atoms with E-state index in [9.17, 15) is 13.2 Å². The molecule has 1 amide bonds. The molecular weight excluding hydrogens is 402 g/mol. The summed E-state index contributed by atoms with van der Waals surface area (Å²) in [6.45, 7) is 0.450. The van der Waals surface area contributed by atoms with E-state index in [1.165, 1.54) is 13.2 Å². The van der Waals surface area contributed by atoms with Crippen molar-refractivity contribution >= 4 is 15.9 Å². The number of sulfonamides is 1. The third-order valence-corrected chi connectivity index (χ3v) is 7.24. The van der Waals surface area contributed by atoms with Crippen LogP contribution in [0.15, 0.2) is 47.6 Å². The molecule has 2 aromatic rings. The minimum atomic E-state index is -3.79. The Hall–Kier alpha value is -2.45. The summed E-state index contributed by atoms with van der Waals surface area (Å²) in [5.41, 5.74) is 1.29. The van der Waals surface area contributed by atoms with Crippen molar-refractivity contribution in [2.45, 2.75) is 62.0 Å². The first-order valence-corrected chi connectivity index (χ1v) is 11.9. The Morgan fingerprint density at radius 1 is 1.20 bits per heavy atom. The molecule has 160 valence electrons. The van der Waals surface area contributed by atoms with Crippen LogP contribution in [0.4, 0.5) is 0 Å². The number of carbonyl (C=O) groups excluding carboxylic acids is 1. The zero-order chi connectivity index (χ0) is 21.1. The first-order chi connectivity index (χ1) is 14.5. The second kappa shape index (κ2) is 8.73. The van der Waals surface area contributed by atoms with Crippen molar-refractivity contribution in [3.8, 4) is 5.75 Å². The van der Waals surface area contributed by atoms with Gasteiger partial charge in [-0.1, -0.05) is 18.9 Å². The molecule has 4 rings (SSSR count). The molecule has 1 aromatic heterocycles. The lowest BCUT2D eigenvalue weighted by Gasteiger charge is -2.23. The number of hydrogen-bond donors (Lipinski definition) is 1. The van der Waals surface area contributed by atoms with Gasteiger partial charge in [-0.05, 0) is 55.5 Å². The Morgan fingerprint density at radius 2 is 1.97 bits per heavy atom. The number of nitrogens with one attached hydrogen (secondary N) is 1. The van der Waals surface area contributed by atoms with Gasteiger partial charge in [0, 0.05) is 36.6 Å². The number of aromatic nitrogens is 1. The van der Waals surface area contributed by atoms with E-state index in [0.29, 0.717) is 12.1 Å². The van der Waals surface area contributed by atoms with Gasteiger partial charge < -0.3 is 9.64 Å². The third kappa shape index (κ3) is 4.65. The van der Waals surface area contributed by atoms with E-state index < -0.39 is 10.0 Å². The Balaban J connectivity index is 1.61. The maximum Gasteiger partial charge on any atom is 0.254 e. The summed E-state index contributed by atoms with van der Waals surface area (Å²) < 4.78 is 34.1. The highest BCUT2D eigenvalue weighted by Crippen LogP contribution is 2.32. The lowest BCUT2D eigenvalue weighted by molar-refractivity contribution is 0.0729. The van der Waals surface area contributed by atoms with Crippen LogP contribution in [0.25, 0.3) is 0 Å². The van der Waals surface area contributed by atoms with Gasteiger partial charge in [-0.3, -0.25) is 9.78 Å². The zero-order valence-electron chi connectivity index (χ0n) is 17.1. The largest absolute Gasteiger partial charge is 0.495 e. The van der Waals surface area contributed by atoms with Gasteiger partial charge in [0.1, 0.15) is 10.6 Å². The molecule has 0 bridgehead atoms. The molecule has 8 heteroatoms. The number of nitrogens with zero attached hydrogens (tertiary/aromatic N) is 2. The number of rotatable bonds is 8. The van der Waals surface area contributed by atoms with Crippen molar-refractivity contribution in [1.82, 2.24) is 14.6 Å². The van der Waals surface area contributed by atoms with Crippen LogP contribution >= 0.6 is 0 Å². The summed E-state index contributed by atoms with van der Waals surface area (Å²) in [7, 11) is -2.35. The van der Waals surface area contributed by atoms with Crippen LogP contribution in [0.2, 0.25) is 0 Å². The normalized spacial score (nSPS) is 17.1. The van der Waals surface area contributed by atoms with Gasteiger partial charge in [0.15, 0.2) is 0 Å². The first-order valence-electron chi connectivity index (χ1n) is 10.4. The molecule has 0 atom stereocenters. The summed E-state index contributed by atoms with van der Waals surface area (Å²) in [6, 6.07) is 8.53. The van der Waals surface area contributed by atoms with Crippen LogP contribution in [-0.2, 0) is 16.6 Å². The van der Waals surface area contributed by atoms with Crippen molar-refractivity contribution in [3.05, 3.63) is 53.9 Å². The number of methoxy groups -OCH3 is 1. The maximum atomic E-state index is 13.3. The fraction of sp³-hybridized carbons (Fsp3) is 0.455. The fourth-order valence-corrected chi connectivity index (χ4v) is 5.45.